The van der Waals surface area contributed by atoms with E-state index in [0.717, 1.165) is 71.1 Å². The third kappa shape index (κ3) is 8.24. The fraction of sp³-hybridized carbons (Fsp3) is 0. The average molecular weight is 1430 g/mol. The van der Waals surface area contributed by atoms with Gasteiger partial charge in [0, 0.05) is 90.0 Å². The van der Waals surface area contributed by atoms with E-state index in [9.17, 15) is 63.1 Å². The van der Waals surface area contributed by atoms with Crippen LogP contribution in [0.2, 0.25) is 0 Å². The van der Waals surface area contributed by atoms with Crippen molar-refractivity contribution in [2.24, 2.45) is 0 Å². The Labute approximate surface area is 647 Å². The maximum Gasteiger partial charge on any atom is 0.138 e. The van der Waals surface area contributed by atoms with E-state index in [1.807, 2.05) is 194 Å². The molecule has 114 heavy (non-hydrogen) atoms. The average Bonchev–Trinajstić information content (AvgIpc) is 1.52. The number of nitriles is 12. The van der Waals surface area contributed by atoms with Gasteiger partial charge in [-0.2, -0.15) is 63.1 Å². The summed E-state index contributed by atoms with van der Waals surface area (Å²) in [6.07, 6.45) is 3.37. The number of rotatable bonds is 2. The SMILES string of the molecule is N#CC(C#N)=C1c2cc3c(cc2-c2c1ccc1ccccc21)-c1c(cc(-c2cc4c(c5ccccc25)-c2nc5c(cc2C4=C(C#N)C#N)C(=C(C#N)C#N)c2cc(-c4cc6c(c7ncccc47)-c4cc7c(cc4C6=C(C#N)C#N)C(=C(C#N)C#N)c4ccc6cccnc6c4-7)c4ccccc4c2-5)c2ccccc12)C3=C(C#N)C#N. The van der Waals surface area contributed by atoms with Gasteiger partial charge >= 0.3 is 0 Å². The first-order chi connectivity index (χ1) is 56.1. The highest BCUT2D eigenvalue weighted by atomic mass is 14.8. The van der Waals surface area contributed by atoms with E-state index in [2.05, 4.69) is 78.9 Å². The molecule has 0 amide bonds. The molecule has 0 saturated heterocycles. The number of fused-ring (bicyclic) bond motifs is 30. The Bertz CT molecular complexity index is 7670. The van der Waals surface area contributed by atoms with Gasteiger partial charge in [-0.25, -0.2) is 4.98 Å². The van der Waals surface area contributed by atoms with Crippen molar-refractivity contribution in [3.63, 3.8) is 0 Å². The standard InChI is InChI=1S/C99H35N15/c100-36-50(37-101)84-64-23-21-48-11-1-2-13-56(48)90(64)74-33-75-71(31-70(74)84)86(52(40-104)41-105)78-27-66(57-14-3-6-17-60(57)91(75)78)67-28-80-88(54(44-108)45-109)82-35-83-89(55(46-110)47-111)81-29-68(59-16-5-8-19-62(59)93(81)99(83)114-98(82)92(80)61-18-7-4-15-58(61)67)69-30-79-87(53(42-106)43-107)73-32-72-76(34-77(73)95(79)97-63(69)20-10-26-113-97)94-65(85(72)51(38-102)39-103)24-22-49-12-9-25-112-96(49)94/h1-35H. The van der Waals surface area contributed by atoms with Gasteiger partial charge in [-0.1, -0.05) is 133 Å². The maximum atomic E-state index is 11.3. The first-order valence-electron chi connectivity index (χ1n) is 35.8. The van der Waals surface area contributed by atoms with Crippen molar-refractivity contribution in [1.82, 2.24) is 15.0 Å². The Hall–Kier alpha value is -18.0. The molecule has 0 saturated carbocycles. The van der Waals surface area contributed by atoms with Crippen molar-refractivity contribution in [3.05, 3.63) is 313 Å². The van der Waals surface area contributed by atoms with Gasteiger partial charge in [0.15, 0.2) is 0 Å². The van der Waals surface area contributed by atoms with Crippen LogP contribution in [0.4, 0.5) is 0 Å². The molecule has 6 aliphatic rings. The Morgan fingerprint density at radius 2 is 0.465 bits per heavy atom. The largest absolute Gasteiger partial charge is 0.256 e. The second kappa shape index (κ2) is 23.7. The Morgan fingerprint density at radius 1 is 0.193 bits per heavy atom. The van der Waals surface area contributed by atoms with Gasteiger partial charge < -0.3 is 0 Å². The fourth-order valence-corrected chi connectivity index (χ4v) is 19.0. The summed E-state index contributed by atoms with van der Waals surface area (Å²) in [4.78, 5) is 15.6. The number of allylic oxidation sites excluding steroid dienone is 6. The molecule has 0 spiro atoms. The second-order valence-corrected chi connectivity index (χ2v) is 28.2. The molecular weight excluding hydrogens is 1400 g/mol. The van der Waals surface area contributed by atoms with Crippen LogP contribution in [-0.2, 0) is 0 Å². The van der Waals surface area contributed by atoms with E-state index >= 15 is 0 Å². The Kier molecular flexibility index (Phi) is 13.4. The summed E-state index contributed by atoms with van der Waals surface area (Å²) in [5, 5.41) is 139. The fourth-order valence-electron chi connectivity index (χ4n) is 19.0. The minimum atomic E-state index is -0.243. The molecule has 15 aromatic rings. The van der Waals surface area contributed by atoms with Crippen LogP contribution < -0.4 is 0 Å². The summed E-state index contributed by atoms with van der Waals surface area (Å²) in [6.45, 7) is 0. The molecule has 0 unspecified atom stereocenters. The highest BCUT2D eigenvalue weighted by Crippen LogP contribution is 2.63. The van der Waals surface area contributed by atoms with Gasteiger partial charge in [-0.05, 0) is 221 Å². The number of hydrogen-bond donors (Lipinski definition) is 0. The van der Waals surface area contributed by atoms with E-state index in [1.54, 1.807) is 12.4 Å². The van der Waals surface area contributed by atoms with Gasteiger partial charge in [0.05, 0.1) is 22.4 Å². The van der Waals surface area contributed by atoms with Crippen LogP contribution in [0.1, 0.15) is 66.8 Å². The Balaban J connectivity index is 0.781. The van der Waals surface area contributed by atoms with Crippen LogP contribution in [-0.4, -0.2) is 15.0 Å². The van der Waals surface area contributed by atoms with Crippen LogP contribution >= 0.6 is 0 Å². The lowest BCUT2D eigenvalue weighted by Crippen LogP contribution is -1.95. The van der Waals surface area contributed by atoms with E-state index < -0.39 is 0 Å². The van der Waals surface area contributed by atoms with Gasteiger partial charge in [0.1, 0.15) is 106 Å². The molecule has 506 valence electrons. The van der Waals surface area contributed by atoms with Crippen LogP contribution in [0.25, 0.3) is 188 Å². The van der Waals surface area contributed by atoms with Crippen molar-refractivity contribution >= 4 is 98.3 Å². The van der Waals surface area contributed by atoms with Crippen LogP contribution in [0, 0.1) is 136 Å². The molecule has 3 aromatic heterocycles. The number of pyridine rings is 3. The van der Waals surface area contributed by atoms with Crippen LogP contribution in [0.5, 0.6) is 0 Å². The molecule has 15 nitrogen and oxygen atoms in total. The monoisotopic (exact) mass is 1430 g/mol. The minimum Gasteiger partial charge on any atom is -0.256 e. The molecule has 0 radical (unpaired) electrons. The van der Waals surface area contributed by atoms with Crippen molar-refractivity contribution in [3.8, 4) is 162 Å². The Morgan fingerprint density at radius 3 is 0.912 bits per heavy atom. The molecule has 0 N–H and O–H groups in total. The topological polar surface area (TPSA) is 324 Å². The molecule has 21 rings (SSSR count). The third-order valence-corrected chi connectivity index (χ3v) is 23.3. The summed E-state index contributed by atoms with van der Waals surface area (Å²) in [7, 11) is 0. The quantitative estimate of drug-likeness (QED) is 0.145. The normalized spacial score (nSPS) is 12.4. The molecule has 0 atom stereocenters. The van der Waals surface area contributed by atoms with Crippen LogP contribution in [0.3, 0.4) is 0 Å². The summed E-state index contributed by atoms with van der Waals surface area (Å²) in [5.74, 6) is 0. The molecule has 3 heterocycles. The first kappa shape index (κ1) is 64.4. The molecule has 0 fully saturated rings. The van der Waals surface area contributed by atoms with Crippen molar-refractivity contribution in [1.29, 1.82) is 63.1 Å². The summed E-state index contributed by atoms with van der Waals surface area (Å²) in [5.41, 5.74) is 19.2. The first-order valence-corrected chi connectivity index (χ1v) is 35.8. The van der Waals surface area contributed by atoms with Crippen molar-refractivity contribution in [2.45, 2.75) is 0 Å². The minimum absolute atomic E-state index is 0.0853. The zero-order valence-electron chi connectivity index (χ0n) is 58.9. The molecule has 12 aromatic carbocycles. The summed E-state index contributed by atoms with van der Waals surface area (Å²) < 4.78 is 0. The number of hydrogen-bond acceptors (Lipinski definition) is 15. The van der Waals surface area contributed by atoms with E-state index in [-0.39, 0.29) is 44.6 Å². The van der Waals surface area contributed by atoms with Gasteiger partial charge in [-0.3, -0.25) is 9.97 Å². The number of benzene rings is 12. The van der Waals surface area contributed by atoms with Gasteiger partial charge in [0.2, 0.25) is 0 Å². The summed E-state index contributed by atoms with van der Waals surface area (Å²) in [6, 6.07) is 90.3. The lowest BCUT2D eigenvalue weighted by Gasteiger charge is -2.18. The highest BCUT2D eigenvalue weighted by Gasteiger charge is 2.42. The van der Waals surface area contributed by atoms with Crippen molar-refractivity contribution in [2.75, 3.05) is 0 Å². The number of nitrogens with zero attached hydrogens (tertiary/aromatic N) is 15. The maximum absolute atomic E-state index is 11.3. The van der Waals surface area contributed by atoms with E-state index in [1.165, 1.54) is 0 Å². The van der Waals surface area contributed by atoms with E-state index in [0.29, 0.717) is 172 Å². The molecular formula is C99H35N15. The third-order valence-electron chi connectivity index (χ3n) is 23.3. The second-order valence-electron chi connectivity index (χ2n) is 28.2. The molecule has 15 heteroatoms. The zero-order chi connectivity index (χ0) is 77.4. The predicted molar refractivity (Wildman–Crippen MR) is 432 cm³/mol. The molecule has 0 aliphatic heterocycles. The summed E-state index contributed by atoms with van der Waals surface area (Å²) >= 11 is 0. The van der Waals surface area contributed by atoms with Gasteiger partial charge in [-0.15, -0.1) is 0 Å². The van der Waals surface area contributed by atoms with Crippen LogP contribution in [0.15, 0.2) is 246 Å². The van der Waals surface area contributed by atoms with Crippen molar-refractivity contribution < 1.29 is 0 Å². The predicted octanol–water partition coefficient (Wildman–Crippen LogP) is 21.1. The molecule has 6 aliphatic carbocycles. The highest BCUT2D eigenvalue weighted by molar-refractivity contribution is 6.27. The smallest absolute Gasteiger partial charge is 0.138 e. The lowest BCUT2D eigenvalue weighted by atomic mass is 9.85. The lowest BCUT2D eigenvalue weighted by molar-refractivity contribution is 1.33. The molecule has 0 bridgehead atoms. The zero-order valence-corrected chi connectivity index (χ0v) is 58.9. The van der Waals surface area contributed by atoms with Gasteiger partial charge in [0.25, 0.3) is 0 Å². The van der Waals surface area contributed by atoms with E-state index in [4.69, 9.17) is 15.0 Å². The number of aromatic nitrogens is 3.